The van der Waals surface area contributed by atoms with E-state index < -0.39 is 12.2 Å². The predicted octanol–water partition coefficient (Wildman–Crippen LogP) is 5.06. The molecule has 0 radical (unpaired) electrons. The van der Waals surface area contributed by atoms with Crippen molar-refractivity contribution in [2.45, 2.75) is 12.2 Å². The van der Waals surface area contributed by atoms with Crippen molar-refractivity contribution in [3.8, 4) is 22.6 Å². The molecular weight excluding hydrogens is 561 g/mol. The Balaban J connectivity index is 1.62. The highest BCUT2D eigenvalue weighted by Gasteiger charge is 2.08. The van der Waals surface area contributed by atoms with Crippen LogP contribution in [0.15, 0.2) is 48.5 Å². The van der Waals surface area contributed by atoms with Crippen molar-refractivity contribution in [2.75, 3.05) is 86.7 Å². The van der Waals surface area contributed by atoms with Crippen LogP contribution in [0.2, 0.25) is 0 Å². The Morgan fingerprint density at radius 1 is 0.553 bits per heavy atom. The molecule has 0 aliphatic heterocycles. The van der Waals surface area contributed by atoms with Gasteiger partial charge in [0.1, 0.15) is 36.9 Å². The van der Waals surface area contributed by atoms with Crippen molar-refractivity contribution in [2.24, 2.45) is 0 Å². The van der Waals surface area contributed by atoms with E-state index in [2.05, 4.69) is 12.5 Å². The lowest BCUT2D eigenvalue weighted by Gasteiger charge is -2.14. The smallest absolute Gasteiger partial charge is 0.119 e. The molecular formula is C28H42O6S4. The minimum atomic E-state index is -0.655. The van der Waals surface area contributed by atoms with Crippen molar-refractivity contribution < 1.29 is 29.2 Å². The van der Waals surface area contributed by atoms with Crippen LogP contribution in [0, 0.1) is 0 Å². The third kappa shape index (κ3) is 15.8. The molecule has 10 heteroatoms. The molecule has 2 atom stereocenters. The van der Waals surface area contributed by atoms with E-state index in [1.807, 2.05) is 95.6 Å². The van der Waals surface area contributed by atoms with E-state index in [-0.39, 0.29) is 26.4 Å². The number of aliphatic hydroxyl groups excluding tert-OH is 2. The molecule has 2 rings (SSSR count). The average molecular weight is 603 g/mol. The second-order valence-electron chi connectivity index (χ2n) is 8.34. The van der Waals surface area contributed by atoms with Gasteiger partial charge in [-0.1, -0.05) is 24.3 Å². The summed E-state index contributed by atoms with van der Waals surface area (Å²) in [7, 11) is 0. The summed E-state index contributed by atoms with van der Waals surface area (Å²) in [5.41, 5.74) is 2.10. The molecule has 2 aromatic carbocycles. The third-order valence-corrected chi connectivity index (χ3v) is 8.79. The monoisotopic (exact) mass is 602 g/mol. The van der Waals surface area contributed by atoms with Crippen LogP contribution in [0.3, 0.4) is 0 Å². The third-order valence-electron chi connectivity index (χ3n) is 5.15. The van der Waals surface area contributed by atoms with Crippen LogP contribution in [-0.2, 0) is 9.47 Å². The minimum absolute atomic E-state index is 0.194. The Hall–Kier alpha value is -0.720. The van der Waals surface area contributed by atoms with Gasteiger partial charge in [0.15, 0.2) is 0 Å². The lowest BCUT2D eigenvalue weighted by atomic mass is 10.1. The highest BCUT2D eigenvalue weighted by atomic mass is 32.2. The predicted molar refractivity (Wildman–Crippen MR) is 168 cm³/mol. The van der Waals surface area contributed by atoms with Gasteiger partial charge in [-0.05, 0) is 47.9 Å². The summed E-state index contributed by atoms with van der Waals surface area (Å²) in [4.78, 5) is 0. The summed E-state index contributed by atoms with van der Waals surface area (Å²) in [6, 6.07) is 15.5. The first kappa shape index (κ1) is 33.5. The molecule has 0 aliphatic rings. The first-order valence-electron chi connectivity index (χ1n) is 12.7. The SMILES string of the molecule is CSCCSCCOCC(O)COc1ccc(-c2ccc(OCC(O)COCCSCCSC)cc2)cc1. The van der Waals surface area contributed by atoms with Gasteiger partial charge in [0, 0.05) is 34.5 Å². The van der Waals surface area contributed by atoms with E-state index in [9.17, 15) is 10.2 Å². The molecule has 2 N–H and O–H groups in total. The summed E-state index contributed by atoms with van der Waals surface area (Å²) in [5, 5.41) is 20.2. The standard InChI is InChI=1S/C28H42O6S4/c1-35-15-17-37-13-11-31-19-25(29)21-33-27-7-3-23(4-8-27)24-5-9-28(10-6-24)34-22-26(30)20-32-12-14-38-18-16-36-2/h3-10,25-26,29-30H,11-22H2,1-2H3. The molecule has 0 saturated heterocycles. The Morgan fingerprint density at radius 2 is 0.947 bits per heavy atom. The molecule has 0 aliphatic carbocycles. The van der Waals surface area contributed by atoms with Gasteiger partial charge in [-0.25, -0.2) is 0 Å². The second kappa shape index (κ2) is 22.0. The lowest BCUT2D eigenvalue weighted by molar-refractivity contribution is 0.0173. The van der Waals surface area contributed by atoms with Gasteiger partial charge in [-0.2, -0.15) is 47.0 Å². The van der Waals surface area contributed by atoms with Crippen LogP contribution in [0.1, 0.15) is 0 Å². The minimum Gasteiger partial charge on any atom is -0.491 e. The highest BCUT2D eigenvalue weighted by Crippen LogP contribution is 2.25. The number of rotatable bonds is 23. The maximum atomic E-state index is 10.1. The van der Waals surface area contributed by atoms with E-state index in [0.717, 1.165) is 45.6 Å². The maximum absolute atomic E-state index is 10.1. The summed E-state index contributed by atoms with van der Waals surface area (Å²) in [5.74, 6) is 7.85. The molecule has 2 unspecified atom stereocenters. The van der Waals surface area contributed by atoms with Crippen LogP contribution in [0.4, 0.5) is 0 Å². The summed E-state index contributed by atoms with van der Waals surface area (Å²) in [6.45, 7) is 2.22. The van der Waals surface area contributed by atoms with Crippen LogP contribution in [0.5, 0.6) is 11.5 Å². The molecule has 6 nitrogen and oxygen atoms in total. The average Bonchev–Trinajstić information content (AvgIpc) is 2.94. The number of thioether (sulfide) groups is 4. The molecule has 38 heavy (non-hydrogen) atoms. The Labute approximate surface area is 245 Å². The Kier molecular flexibility index (Phi) is 19.4. The highest BCUT2D eigenvalue weighted by molar-refractivity contribution is 8.03. The number of hydrogen-bond acceptors (Lipinski definition) is 10. The fourth-order valence-electron chi connectivity index (χ4n) is 3.13. The zero-order valence-corrected chi connectivity index (χ0v) is 25.7. The van der Waals surface area contributed by atoms with Crippen LogP contribution in [0.25, 0.3) is 11.1 Å². The first-order chi connectivity index (χ1) is 18.6. The van der Waals surface area contributed by atoms with Gasteiger partial charge in [0.05, 0.1) is 26.4 Å². The fraction of sp³-hybridized carbons (Fsp3) is 0.571. The zero-order valence-electron chi connectivity index (χ0n) is 22.4. The van der Waals surface area contributed by atoms with E-state index in [4.69, 9.17) is 18.9 Å². The van der Waals surface area contributed by atoms with Gasteiger partial charge in [-0.15, -0.1) is 0 Å². The van der Waals surface area contributed by atoms with Gasteiger partial charge < -0.3 is 29.2 Å². The molecule has 0 aromatic heterocycles. The van der Waals surface area contributed by atoms with Crippen LogP contribution < -0.4 is 9.47 Å². The van der Waals surface area contributed by atoms with Gasteiger partial charge in [0.2, 0.25) is 0 Å². The Morgan fingerprint density at radius 3 is 1.32 bits per heavy atom. The van der Waals surface area contributed by atoms with Gasteiger partial charge in [-0.3, -0.25) is 0 Å². The summed E-state index contributed by atoms with van der Waals surface area (Å²) < 4.78 is 22.5. The van der Waals surface area contributed by atoms with Gasteiger partial charge >= 0.3 is 0 Å². The Bertz CT molecular complexity index is 756. The van der Waals surface area contributed by atoms with Crippen LogP contribution >= 0.6 is 47.0 Å². The molecule has 0 spiro atoms. The maximum Gasteiger partial charge on any atom is 0.119 e. The van der Waals surface area contributed by atoms with Crippen molar-refractivity contribution in [1.29, 1.82) is 0 Å². The largest absolute Gasteiger partial charge is 0.491 e. The molecule has 0 bridgehead atoms. The lowest BCUT2D eigenvalue weighted by Crippen LogP contribution is -2.24. The number of ether oxygens (including phenoxy) is 4. The van der Waals surface area contributed by atoms with Crippen molar-refractivity contribution in [1.82, 2.24) is 0 Å². The normalized spacial score (nSPS) is 12.8. The van der Waals surface area contributed by atoms with E-state index in [0.29, 0.717) is 24.7 Å². The summed E-state index contributed by atoms with van der Waals surface area (Å²) >= 11 is 7.43. The van der Waals surface area contributed by atoms with Crippen molar-refractivity contribution in [3.63, 3.8) is 0 Å². The van der Waals surface area contributed by atoms with E-state index in [1.165, 1.54) is 0 Å². The number of aliphatic hydroxyl groups is 2. The quantitative estimate of drug-likeness (QED) is 0.169. The molecule has 0 fully saturated rings. The number of hydrogen-bond donors (Lipinski definition) is 2. The van der Waals surface area contributed by atoms with E-state index in [1.54, 1.807) is 0 Å². The molecule has 0 amide bonds. The summed E-state index contributed by atoms with van der Waals surface area (Å²) in [6.07, 6.45) is 2.91. The van der Waals surface area contributed by atoms with Crippen LogP contribution in [-0.4, -0.2) is 109 Å². The van der Waals surface area contributed by atoms with Crippen molar-refractivity contribution >= 4 is 47.0 Å². The fourth-order valence-corrected chi connectivity index (χ4v) is 6.29. The van der Waals surface area contributed by atoms with Gasteiger partial charge in [0.25, 0.3) is 0 Å². The topological polar surface area (TPSA) is 77.4 Å². The number of benzene rings is 2. The molecule has 0 saturated carbocycles. The van der Waals surface area contributed by atoms with E-state index >= 15 is 0 Å². The second-order valence-corrected chi connectivity index (χ2v) is 12.8. The molecule has 2 aromatic rings. The first-order valence-corrected chi connectivity index (χ1v) is 17.8. The van der Waals surface area contributed by atoms with Crippen molar-refractivity contribution in [3.05, 3.63) is 48.5 Å². The molecule has 0 heterocycles. The molecule has 214 valence electrons. The zero-order chi connectivity index (χ0) is 27.3.